The maximum absolute atomic E-state index is 11.9. The van der Waals surface area contributed by atoms with Crippen molar-refractivity contribution in [2.24, 2.45) is 5.92 Å². The summed E-state index contributed by atoms with van der Waals surface area (Å²) in [7, 11) is 0. The summed E-state index contributed by atoms with van der Waals surface area (Å²) in [5, 5.41) is 0. The van der Waals surface area contributed by atoms with Gasteiger partial charge in [0.1, 0.15) is 17.6 Å². The molecule has 5 heteroatoms. The summed E-state index contributed by atoms with van der Waals surface area (Å²) in [6.07, 6.45) is -0.647. The number of rotatable bonds is 3. The Balaban J connectivity index is 2.53. The average molecular weight is 244 g/mol. The van der Waals surface area contributed by atoms with Crippen molar-refractivity contribution < 1.29 is 23.8 Å². The Morgan fingerprint density at radius 1 is 1.29 bits per heavy atom. The number of esters is 1. The number of hydrogen-bond donors (Lipinski definition) is 0. The Kier molecular flexibility index (Phi) is 4.65. The minimum absolute atomic E-state index is 0.214. The molecule has 0 N–H and O–H groups in total. The van der Waals surface area contributed by atoms with Gasteiger partial charge in [0.15, 0.2) is 5.78 Å². The molecule has 0 bridgehead atoms. The van der Waals surface area contributed by atoms with Crippen LogP contribution >= 0.6 is 0 Å². The summed E-state index contributed by atoms with van der Waals surface area (Å²) < 4.78 is 15.6. The van der Waals surface area contributed by atoms with Gasteiger partial charge < -0.3 is 14.2 Å². The van der Waals surface area contributed by atoms with Gasteiger partial charge >= 0.3 is 5.97 Å². The van der Waals surface area contributed by atoms with E-state index in [0.717, 1.165) is 0 Å². The molecule has 0 aromatic carbocycles. The second kappa shape index (κ2) is 5.60. The standard InChI is InChI=1S/C12H20O5/c1-8(11(14)17-12(2,3)4)10(13)9-7-15-5-6-16-9/h8-9H,5-7H2,1-4H3. The van der Waals surface area contributed by atoms with Crippen LogP contribution in [0.3, 0.4) is 0 Å². The predicted octanol–water partition coefficient (Wildman–Crippen LogP) is 0.949. The minimum atomic E-state index is -0.819. The molecule has 0 spiro atoms. The number of hydrogen-bond acceptors (Lipinski definition) is 5. The third-order valence-corrected chi connectivity index (χ3v) is 2.32. The van der Waals surface area contributed by atoms with E-state index in [9.17, 15) is 9.59 Å². The molecule has 0 aliphatic carbocycles. The third-order valence-electron chi connectivity index (χ3n) is 2.32. The normalized spacial score (nSPS) is 22.9. The van der Waals surface area contributed by atoms with Crippen LogP contribution in [0.4, 0.5) is 0 Å². The average Bonchev–Trinajstić information content (AvgIpc) is 2.26. The molecule has 1 fully saturated rings. The Morgan fingerprint density at radius 2 is 1.94 bits per heavy atom. The molecule has 1 aliphatic heterocycles. The topological polar surface area (TPSA) is 61.8 Å². The summed E-state index contributed by atoms with van der Waals surface area (Å²) >= 11 is 0. The molecule has 0 aromatic heterocycles. The fraction of sp³-hybridized carbons (Fsp3) is 0.833. The monoisotopic (exact) mass is 244 g/mol. The molecule has 5 nitrogen and oxygen atoms in total. The molecule has 17 heavy (non-hydrogen) atoms. The van der Waals surface area contributed by atoms with Crippen LogP contribution in [0.5, 0.6) is 0 Å². The first-order valence-electron chi connectivity index (χ1n) is 5.77. The van der Waals surface area contributed by atoms with Crippen molar-refractivity contribution in [1.29, 1.82) is 0 Å². The lowest BCUT2D eigenvalue weighted by molar-refractivity contribution is -0.167. The highest BCUT2D eigenvalue weighted by Gasteiger charge is 2.33. The van der Waals surface area contributed by atoms with Crippen LogP contribution in [0, 0.1) is 5.92 Å². The van der Waals surface area contributed by atoms with Crippen molar-refractivity contribution in [3.05, 3.63) is 0 Å². The Morgan fingerprint density at radius 3 is 2.41 bits per heavy atom. The van der Waals surface area contributed by atoms with Crippen molar-refractivity contribution in [2.45, 2.75) is 39.4 Å². The van der Waals surface area contributed by atoms with Gasteiger partial charge in [-0.05, 0) is 27.7 Å². The van der Waals surface area contributed by atoms with Gasteiger partial charge in [0, 0.05) is 0 Å². The van der Waals surface area contributed by atoms with Crippen LogP contribution in [0.25, 0.3) is 0 Å². The molecule has 1 heterocycles. The molecule has 98 valence electrons. The Labute approximate surface area is 101 Å². The SMILES string of the molecule is CC(C(=O)OC(C)(C)C)C(=O)C1COCCO1. The number of Topliss-reactive ketones (excluding diaryl/α,β-unsaturated/α-hetero) is 1. The summed E-state index contributed by atoms with van der Waals surface area (Å²) in [4.78, 5) is 23.6. The molecule has 0 radical (unpaired) electrons. The quantitative estimate of drug-likeness (QED) is 0.546. The molecule has 1 saturated heterocycles. The summed E-state index contributed by atoms with van der Waals surface area (Å²) in [5.74, 6) is -1.61. The van der Waals surface area contributed by atoms with Crippen molar-refractivity contribution in [1.82, 2.24) is 0 Å². The summed E-state index contributed by atoms with van der Waals surface area (Å²) in [5.41, 5.74) is -0.588. The van der Waals surface area contributed by atoms with Crippen LogP contribution in [-0.2, 0) is 23.8 Å². The number of carbonyl (C=O) groups is 2. The first kappa shape index (κ1) is 14.1. The van der Waals surface area contributed by atoms with E-state index in [0.29, 0.717) is 13.2 Å². The van der Waals surface area contributed by atoms with Crippen LogP contribution in [0.15, 0.2) is 0 Å². The van der Waals surface area contributed by atoms with Gasteiger partial charge in [-0.3, -0.25) is 9.59 Å². The highest BCUT2D eigenvalue weighted by Crippen LogP contribution is 2.15. The molecule has 1 rings (SSSR count). The predicted molar refractivity (Wildman–Crippen MR) is 60.6 cm³/mol. The van der Waals surface area contributed by atoms with Gasteiger partial charge in [-0.15, -0.1) is 0 Å². The van der Waals surface area contributed by atoms with Crippen molar-refractivity contribution in [3.63, 3.8) is 0 Å². The van der Waals surface area contributed by atoms with Gasteiger partial charge in [-0.1, -0.05) is 0 Å². The highest BCUT2D eigenvalue weighted by atomic mass is 16.6. The van der Waals surface area contributed by atoms with E-state index in [1.165, 1.54) is 6.92 Å². The van der Waals surface area contributed by atoms with Gasteiger partial charge in [-0.25, -0.2) is 0 Å². The fourth-order valence-electron chi connectivity index (χ4n) is 1.44. The van der Waals surface area contributed by atoms with Gasteiger partial charge in [0.2, 0.25) is 0 Å². The molecule has 2 atom stereocenters. The Bertz CT molecular complexity index is 286. The second-order valence-electron chi connectivity index (χ2n) is 5.09. The van der Waals surface area contributed by atoms with Crippen LogP contribution in [0.1, 0.15) is 27.7 Å². The zero-order valence-corrected chi connectivity index (χ0v) is 10.8. The third kappa shape index (κ3) is 4.44. The molecule has 0 amide bonds. The van der Waals surface area contributed by atoms with E-state index >= 15 is 0 Å². The maximum Gasteiger partial charge on any atom is 0.316 e. The van der Waals surface area contributed by atoms with E-state index < -0.39 is 23.6 Å². The molecular formula is C12H20O5. The van der Waals surface area contributed by atoms with Crippen molar-refractivity contribution >= 4 is 11.8 Å². The molecule has 1 aliphatic rings. The van der Waals surface area contributed by atoms with Gasteiger partial charge in [-0.2, -0.15) is 0 Å². The smallest absolute Gasteiger partial charge is 0.316 e. The second-order valence-corrected chi connectivity index (χ2v) is 5.09. The number of carbonyl (C=O) groups excluding carboxylic acids is 2. The maximum atomic E-state index is 11.9. The number of ketones is 1. The van der Waals surface area contributed by atoms with E-state index in [1.807, 2.05) is 0 Å². The zero-order valence-electron chi connectivity index (χ0n) is 10.8. The van der Waals surface area contributed by atoms with Crippen LogP contribution in [0.2, 0.25) is 0 Å². The lowest BCUT2D eigenvalue weighted by atomic mass is 10.0. The highest BCUT2D eigenvalue weighted by molar-refractivity contribution is 6.01. The summed E-state index contributed by atoms with van der Waals surface area (Å²) in [6.45, 7) is 7.93. The molecule has 2 unspecified atom stereocenters. The van der Waals surface area contributed by atoms with Crippen LogP contribution in [-0.4, -0.2) is 43.3 Å². The summed E-state index contributed by atoms with van der Waals surface area (Å²) in [6, 6.07) is 0. The zero-order chi connectivity index (χ0) is 13.1. The molecule has 0 aromatic rings. The van der Waals surface area contributed by atoms with E-state index in [-0.39, 0.29) is 12.4 Å². The lowest BCUT2D eigenvalue weighted by Gasteiger charge is -2.26. The minimum Gasteiger partial charge on any atom is -0.459 e. The number of ether oxygens (including phenoxy) is 3. The largest absolute Gasteiger partial charge is 0.459 e. The van der Waals surface area contributed by atoms with Gasteiger partial charge in [0.25, 0.3) is 0 Å². The van der Waals surface area contributed by atoms with Crippen molar-refractivity contribution in [3.8, 4) is 0 Å². The lowest BCUT2D eigenvalue weighted by Crippen LogP contribution is -2.42. The fourth-order valence-corrected chi connectivity index (χ4v) is 1.44. The molecular weight excluding hydrogens is 224 g/mol. The molecule has 0 saturated carbocycles. The van der Waals surface area contributed by atoms with Gasteiger partial charge in [0.05, 0.1) is 19.8 Å². The van der Waals surface area contributed by atoms with E-state index in [1.54, 1.807) is 20.8 Å². The van der Waals surface area contributed by atoms with Crippen molar-refractivity contribution in [2.75, 3.05) is 19.8 Å². The van der Waals surface area contributed by atoms with E-state index in [4.69, 9.17) is 14.2 Å². The first-order chi connectivity index (χ1) is 7.81. The van der Waals surface area contributed by atoms with Crippen LogP contribution < -0.4 is 0 Å². The first-order valence-corrected chi connectivity index (χ1v) is 5.77. The Hall–Kier alpha value is -0.940. The van der Waals surface area contributed by atoms with E-state index in [2.05, 4.69) is 0 Å².